The molecule has 0 bridgehead atoms. The van der Waals surface area contributed by atoms with E-state index in [1.165, 1.54) is 7.11 Å². The summed E-state index contributed by atoms with van der Waals surface area (Å²) in [6.45, 7) is 4.49. The van der Waals surface area contributed by atoms with Gasteiger partial charge in [-0.05, 0) is 51.4 Å². The van der Waals surface area contributed by atoms with Crippen molar-refractivity contribution in [3.05, 3.63) is 42.0 Å². The molecule has 10 nitrogen and oxygen atoms in total. The van der Waals surface area contributed by atoms with Crippen molar-refractivity contribution in [1.29, 1.82) is 0 Å². The third-order valence-electron chi connectivity index (χ3n) is 7.39. The van der Waals surface area contributed by atoms with E-state index in [1.807, 2.05) is 47.9 Å². The normalized spacial score (nSPS) is 21.0. The van der Waals surface area contributed by atoms with E-state index >= 15 is 0 Å². The standard InChI is InChI=1S/C25H34N6O4/c1-17-5-6-19-20(31(17)25(33)34-3)7-8-21-24(19)27-22(9-13-29-12-4-11-26-29)30(21)15-23(32)28(2)18-10-14-35-16-18/h4,7-8,11-12,17-18,23,32H,5-6,9-10,13-16H2,1-3H3/t17-,18-,23?/m0/s1. The van der Waals surface area contributed by atoms with Gasteiger partial charge in [-0.1, -0.05) is 0 Å². The van der Waals surface area contributed by atoms with Crippen molar-refractivity contribution < 1.29 is 19.4 Å². The van der Waals surface area contributed by atoms with Crippen LogP contribution in [0.2, 0.25) is 0 Å². The number of ether oxygens (including phenoxy) is 2. The molecule has 2 aromatic heterocycles. The van der Waals surface area contributed by atoms with Crippen molar-refractivity contribution in [2.45, 2.75) is 64.0 Å². The number of aliphatic hydroxyl groups excluding tert-OH is 1. The molecule has 35 heavy (non-hydrogen) atoms. The van der Waals surface area contributed by atoms with Crippen LogP contribution in [0.15, 0.2) is 30.6 Å². The number of hydrogen-bond acceptors (Lipinski definition) is 7. The molecule has 1 aromatic carbocycles. The SMILES string of the molecule is COC(=O)N1c2ccc3c(nc(CCn4cccn4)n3CC(O)N(C)[C@H]3CCOC3)c2CC[C@@H]1C. The van der Waals surface area contributed by atoms with Gasteiger partial charge in [0.25, 0.3) is 0 Å². The van der Waals surface area contributed by atoms with Crippen LogP contribution in [-0.2, 0) is 35.4 Å². The number of amides is 1. The number of methoxy groups -OCH3 is 1. The number of carbonyl (C=O) groups excluding carboxylic acids is 1. The molecule has 1 unspecified atom stereocenters. The molecule has 1 saturated heterocycles. The summed E-state index contributed by atoms with van der Waals surface area (Å²) in [5.74, 6) is 0.891. The predicted molar refractivity (Wildman–Crippen MR) is 131 cm³/mol. The maximum absolute atomic E-state index is 12.5. The minimum atomic E-state index is -0.676. The van der Waals surface area contributed by atoms with Crippen molar-refractivity contribution in [2.75, 3.05) is 32.3 Å². The van der Waals surface area contributed by atoms with Gasteiger partial charge in [0.1, 0.15) is 12.1 Å². The van der Waals surface area contributed by atoms with Crippen LogP contribution in [0.4, 0.5) is 10.5 Å². The summed E-state index contributed by atoms with van der Waals surface area (Å²) in [5, 5.41) is 15.5. The second-order valence-corrected chi connectivity index (χ2v) is 9.48. The first kappa shape index (κ1) is 23.8. The summed E-state index contributed by atoms with van der Waals surface area (Å²) < 4.78 is 14.6. The summed E-state index contributed by atoms with van der Waals surface area (Å²) >= 11 is 0. The van der Waals surface area contributed by atoms with E-state index in [1.54, 1.807) is 11.1 Å². The molecule has 0 radical (unpaired) electrons. The molecule has 0 aliphatic carbocycles. The fourth-order valence-electron chi connectivity index (χ4n) is 5.27. The average Bonchev–Trinajstić information content (AvgIpc) is 3.63. The van der Waals surface area contributed by atoms with Crippen LogP contribution in [0.25, 0.3) is 11.0 Å². The van der Waals surface area contributed by atoms with E-state index in [2.05, 4.69) is 9.67 Å². The topological polar surface area (TPSA) is 97.9 Å². The molecular weight excluding hydrogens is 448 g/mol. The monoisotopic (exact) mass is 482 g/mol. The van der Waals surface area contributed by atoms with Gasteiger partial charge < -0.3 is 19.1 Å². The van der Waals surface area contributed by atoms with E-state index in [0.29, 0.717) is 26.1 Å². The minimum absolute atomic E-state index is 0.0536. The van der Waals surface area contributed by atoms with Crippen LogP contribution in [0.1, 0.15) is 31.2 Å². The van der Waals surface area contributed by atoms with Gasteiger partial charge in [-0.25, -0.2) is 9.78 Å². The minimum Gasteiger partial charge on any atom is -0.452 e. The summed E-state index contributed by atoms with van der Waals surface area (Å²) in [5.41, 5.74) is 3.76. The van der Waals surface area contributed by atoms with Gasteiger partial charge in [0.2, 0.25) is 0 Å². The highest BCUT2D eigenvalue weighted by Crippen LogP contribution is 2.36. The van der Waals surface area contributed by atoms with Gasteiger partial charge in [-0.2, -0.15) is 5.10 Å². The molecule has 0 saturated carbocycles. The van der Waals surface area contributed by atoms with E-state index < -0.39 is 6.23 Å². The smallest absolute Gasteiger partial charge is 0.414 e. The fraction of sp³-hybridized carbons (Fsp3) is 0.560. The Hall–Kier alpha value is -2.95. The number of aromatic nitrogens is 4. The van der Waals surface area contributed by atoms with E-state index in [9.17, 15) is 9.90 Å². The Morgan fingerprint density at radius 1 is 1.37 bits per heavy atom. The molecule has 4 heterocycles. The lowest BCUT2D eigenvalue weighted by molar-refractivity contribution is -0.0193. The van der Waals surface area contributed by atoms with E-state index in [-0.39, 0.29) is 18.2 Å². The van der Waals surface area contributed by atoms with Crippen molar-refractivity contribution in [3.63, 3.8) is 0 Å². The zero-order valence-electron chi connectivity index (χ0n) is 20.6. The van der Waals surface area contributed by atoms with Gasteiger partial charge in [-0.15, -0.1) is 0 Å². The van der Waals surface area contributed by atoms with Gasteiger partial charge in [0.05, 0.1) is 37.0 Å². The molecule has 3 aromatic rings. The number of benzene rings is 1. The second-order valence-electron chi connectivity index (χ2n) is 9.48. The average molecular weight is 483 g/mol. The van der Waals surface area contributed by atoms with Crippen molar-refractivity contribution in [2.24, 2.45) is 0 Å². The van der Waals surface area contributed by atoms with Crippen molar-refractivity contribution >= 4 is 22.8 Å². The summed E-state index contributed by atoms with van der Waals surface area (Å²) in [6, 6.07) is 6.16. The van der Waals surface area contributed by atoms with Gasteiger partial charge in [0.15, 0.2) is 0 Å². The number of anilines is 1. The number of hydrogen-bond donors (Lipinski definition) is 1. The van der Waals surface area contributed by atoms with Gasteiger partial charge in [-0.3, -0.25) is 14.5 Å². The van der Waals surface area contributed by atoms with Crippen LogP contribution in [0, 0.1) is 0 Å². The Kier molecular flexibility index (Phi) is 6.77. The van der Waals surface area contributed by atoms with Crippen LogP contribution >= 0.6 is 0 Å². The van der Waals surface area contributed by atoms with Crippen molar-refractivity contribution in [1.82, 2.24) is 24.2 Å². The quantitative estimate of drug-likeness (QED) is 0.517. The Labute approximate surface area is 205 Å². The summed E-state index contributed by atoms with van der Waals surface area (Å²) in [6.07, 6.45) is 5.93. The lowest BCUT2D eigenvalue weighted by atomic mass is 9.96. The number of rotatable bonds is 7. The third-order valence-corrected chi connectivity index (χ3v) is 7.39. The van der Waals surface area contributed by atoms with Crippen LogP contribution < -0.4 is 4.90 Å². The number of nitrogens with zero attached hydrogens (tertiary/aromatic N) is 6. The van der Waals surface area contributed by atoms with E-state index in [4.69, 9.17) is 14.5 Å². The number of aliphatic hydroxyl groups is 1. The molecule has 1 fully saturated rings. The maximum atomic E-state index is 12.5. The molecule has 5 rings (SSSR count). The number of fused-ring (bicyclic) bond motifs is 3. The highest BCUT2D eigenvalue weighted by molar-refractivity contribution is 5.95. The van der Waals surface area contributed by atoms with Crippen LogP contribution in [-0.4, -0.2) is 81.1 Å². The highest BCUT2D eigenvalue weighted by atomic mass is 16.5. The number of aryl methyl sites for hydroxylation is 3. The predicted octanol–water partition coefficient (Wildman–Crippen LogP) is 2.42. The number of carbonyl (C=O) groups is 1. The molecule has 3 atom stereocenters. The van der Waals surface area contributed by atoms with Crippen LogP contribution in [0.5, 0.6) is 0 Å². The first-order chi connectivity index (χ1) is 17.0. The Bertz CT molecular complexity index is 1170. The zero-order valence-corrected chi connectivity index (χ0v) is 20.6. The number of imidazole rings is 1. The van der Waals surface area contributed by atoms with E-state index in [0.717, 1.165) is 54.0 Å². The molecule has 2 aliphatic heterocycles. The van der Waals surface area contributed by atoms with Gasteiger partial charge in [0, 0.05) is 49.6 Å². The molecule has 1 amide bonds. The Balaban J connectivity index is 1.53. The largest absolute Gasteiger partial charge is 0.452 e. The lowest BCUT2D eigenvalue weighted by Crippen LogP contribution is -2.43. The first-order valence-corrected chi connectivity index (χ1v) is 12.3. The molecule has 188 valence electrons. The van der Waals surface area contributed by atoms with Crippen molar-refractivity contribution in [3.8, 4) is 0 Å². The lowest BCUT2D eigenvalue weighted by Gasteiger charge is -2.34. The zero-order chi connectivity index (χ0) is 24.5. The highest BCUT2D eigenvalue weighted by Gasteiger charge is 2.32. The molecular formula is C25H34N6O4. The second kappa shape index (κ2) is 9.96. The number of likely N-dealkylation sites (N-methyl/N-ethyl adjacent to an activating group) is 1. The fourth-order valence-corrected chi connectivity index (χ4v) is 5.27. The molecule has 10 heteroatoms. The Morgan fingerprint density at radius 2 is 2.23 bits per heavy atom. The third kappa shape index (κ3) is 4.53. The summed E-state index contributed by atoms with van der Waals surface area (Å²) in [4.78, 5) is 21.3. The molecule has 1 N–H and O–H groups in total. The molecule has 2 aliphatic rings. The molecule has 0 spiro atoms. The Morgan fingerprint density at radius 3 is 2.94 bits per heavy atom. The van der Waals surface area contributed by atoms with Gasteiger partial charge >= 0.3 is 6.09 Å². The first-order valence-electron chi connectivity index (χ1n) is 12.3. The maximum Gasteiger partial charge on any atom is 0.414 e. The van der Waals surface area contributed by atoms with Crippen LogP contribution in [0.3, 0.4) is 0 Å². The summed E-state index contributed by atoms with van der Waals surface area (Å²) in [7, 11) is 3.36.